The van der Waals surface area contributed by atoms with E-state index in [1.807, 2.05) is 37.3 Å². The number of hydrogen-bond acceptors (Lipinski definition) is 2. The van der Waals surface area contributed by atoms with Crippen LogP contribution in [0.1, 0.15) is 29.2 Å². The quantitative estimate of drug-likeness (QED) is 0.927. The number of benzene rings is 2. The summed E-state index contributed by atoms with van der Waals surface area (Å²) in [5.41, 5.74) is 4.27. The second-order valence-electron chi connectivity index (χ2n) is 5.67. The SMILES string of the molecule is Cc1ccccc1C(O)CCN1CCc2ccc(F)cc21. The third-order valence-corrected chi connectivity index (χ3v) is 4.26. The number of nitrogens with zero attached hydrogens (tertiary/aromatic N) is 1. The highest BCUT2D eigenvalue weighted by atomic mass is 19.1. The molecule has 2 aromatic carbocycles. The second-order valence-corrected chi connectivity index (χ2v) is 5.67. The van der Waals surface area contributed by atoms with Gasteiger partial charge in [-0.1, -0.05) is 30.3 Å². The molecule has 21 heavy (non-hydrogen) atoms. The Morgan fingerprint density at radius 2 is 2.05 bits per heavy atom. The van der Waals surface area contributed by atoms with Crippen LogP contribution in [0.25, 0.3) is 0 Å². The highest BCUT2D eigenvalue weighted by molar-refractivity contribution is 5.58. The Morgan fingerprint density at radius 1 is 1.24 bits per heavy atom. The lowest BCUT2D eigenvalue weighted by Gasteiger charge is -2.22. The van der Waals surface area contributed by atoms with Gasteiger partial charge >= 0.3 is 0 Å². The topological polar surface area (TPSA) is 23.5 Å². The van der Waals surface area contributed by atoms with Crippen LogP contribution in [0, 0.1) is 12.7 Å². The van der Waals surface area contributed by atoms with Gasteiger partial charge in [-0.05, 0) is 48.6 Å². The molecule has 0 saturated carbocycles. The van der Waals surface area contributed by atoms with E-state index in [9.17, 15) is 9.50 Å². The average Bonchev–Trinajstić information content (AvgIpc) is 2.87. The van der Waals surface area contributed by atoms with Crippen molar-refractivity contribution in [2.24, 2.45) is 0 Å². The fraction of sp³-hybridized carbons (Fsp3) is 0.333. The Labute approximate surface area is 124 Å². The molecule has 0 bridgehead atoms. The number of halogens is 1. The largest absolute Gasteiger partial charge is 0.388 e. The number of anilines is 1. The minimum atomic E-state index is -0.469. The molecule has 2 nitrogen and oxygen atoms in total. The van der Waals surface area contributed by atoms with Crippen LogP contribution in [0.3, 0.4) is 0 Å². The lowest BCUT2D eigenvalue weighted by molar-refractivity contribution is 0.169. The van der Waals surface area contributed by atoms with Crippen LogP contribution in [0.4, 0.5) is 10.1 Å². The lowest BCUT2D eigenvalue weighted by Crippen LogP contribution is -2.23. The maximum absolute atomic E-state index is 13.4. The minimum Gasteiger partial charge on any atom is -0.388 e. The predicted octanol–water partition coefficient (Wildman–Crippen LogP) is 3.62. The monoisotopic (exact) mass is 285 g/mol. The van der Waals surface area contributed by atoms with E-state index in [1.165, 1.54) is 11.6 Å². The molecule has 0 spiro atoms. The molecule has 0 fully saturated rings. The molecular weight excluding hydrogens is 265 g/mol. The molecule has 0 radical (unpaired) electrons. The van der Waals surface area contributed by atoms with Crippen LogP contribution >= 0.6 is 0 Å². The normalized spacial score (nSPS) is 15.1. The summed E-state index contributed by atoms with van der Waals surface area (Å²) in [6.45, 7) is 3.66. The molecule has 3 rings (SSSR count). The summed E-state index contributed by atoms with van der Waals surface area (Å²) in [6, 6.07) is 12.9. The Balaban J connectivity index is 1.67. The van der Waals surface area contributed by atoms with E-state index in [0.29, 0.717) is 6.42 Å². The molecule has 0 amide bonds. The first-order valence-corrected chi connectivity index (χ1v) is 7.42. The fourth-order valence-corrected chi connectivity index (χ4v) is 3.05. The smallest absolute Gasteiger partial charge is 0.125 e. The molecular formula is C18H20FNO. The molecule has 0 aliphatic carbocycles. The third-order valence-electron chi connectivity index (χ3n) is 4.26. The van der Waals surface area contributed by atoms with Crippen LogP contribution in [0.15, 0.2) is 42.5 Å². The van der Waals surface area contributed by atoms with Gasteiger partial charge in [0.15, 0.2) is 0 Å². The Morgan fingerprint density at radius 3 is 2.86 bits per heavy atom. The van der Waals surface area contributed by atoms with Crippen LogP contribution < -0.4 is 4.90 Å². The number of aliphatic hydroxyl groups is 1. The number of rotatable bonds is 4. The van der Waals surface area contributed by atoms with E-state index >= 15 is 0 Å². The van der Waals surface area contributed by atoms with Crippen molar-refractivity contribution in [3.05, 3.63) is 65.0 Å². The molecule has 1 atom stereocenters. The molecule has 3 heteroatoms. The van der Waals surface area contributed by atoms with Crippen molar-refractivity contribution in [1.29, 1.82) is 0 Å². The van der Waals surface area contributed by atoms with Crippen molar-refractivity contribution >= 4 is 5.69 Å². The van der Waals surface area contributed by atoms with Crippen LogP contribution in [-0.2, 0) is 6.42 Å². The lowest BCUT2D eigenvalue weighted by atomic mass is 10.0. The molecule has 2 aromatic rings. The molecule has 1 heterocycles. The molecule has 1 aliphatic heterocycles. The van der Waals surface area contributed by atoms with Gasteiger partial charge in [0, 0.05) is 18.8 Å². The van der Waals surface area contributed by atoms with Gasteiger partial charge in [0.1, 0.15) is 5.82 Å². The Bertz CT molecular complexity index is 641. The molecule has 0 aromatic heterocycles. The van der Waals surface area contributed by atoms with Gasteiger partial charge < -0.3 is 10.0 Å². The minimum absolute atomic E-state index is 0.194. The van der Waals surface area contributed by atoms with Gasteiger partial charge in [-0.15, -0.1) is 0 Å². The Hall–Kier alpha value is -1.87. The van der Waals surface area contributed by atoms with E-state index in [2.05, 4.69) is 4.90 Å². The second kappa shape index (κ2) is 5.86. The van der Waals surface area contributed by atoms with Crippen LogP contribution in [0.5, 0.6) is 0 Å². The maximum Gasteiger partial charge on any atom is 0.125 e. The molecule has 0 saturated heterocycles. The molecule has 110 valence electrons. The summed E-state index contributed by atoms with van der Waals surface area (Å²) >= 11 is 0. The van der Waals surface area contributed by atoms with Crippen molar-refractivity contribution in [2.75, 3.05) is 18.0 Å². The van der Waals surface area contributed by atoms with Crippen LogP contribution in [-0.4, -0.2) is 18.2 Å². The first-order valence-electron chi connectivity index (χ1n) is 7.42. The number of hydrogen-bond donors (Lipinski definition) is 1. The van der Waals surface area contributed by atoms with E-state index in [0.717, 1.165) is 36.3 Å². The summed E-state index contributed by atoms with van der Waals surface area (Å²) in [6.07, 6.45) is 1.14. The van der Waals surface area contributed by atoms with E-state index in [-0.39, 0.29) is 5.82 Å². The predicted molar refractivity (Wildman–Crippen MR) is 83.1 cm³/mol. The zero-order chi connectivity index (χ0) is 14.8. The molecule has 1 unspecified atom stereocenters. The number of aliphatic hydroxyl groups excluding tert-OH is 1. The van der Waals surface area contributed by atoms with Crippen molar-refractivity contribution in [3.63, 3.8) is 0 Å². The van der Waals surface area contributed by atoms with Gasteiger partial charge in [0.05, 0.1) is 6.10 Å². The number of aryl methyl sites for hydroxylation is 1. The summed E-state index contributed by atoms with van der Waals surface area (Å²) in [7, 11) is 0. The fourth-order valence-electron chi connectivity index (χ4n) is 3.05. The van der Waals surface area contributed by atoms with E-state index in [1.54, 1.807) is 6.07 Å². The van der Waals surface area contributed by atoms with E-state index < -0.39 is 6.10 Å². The van der Waals surface area contributed by atoms with Crippen molar-refractivity contribution < 1.29 is 9.50 Å². The van der Waals surface area contributed by atoms with Gasteiger partial charge in [0.25, 0.3) is 0 Å². The summed E-state index contributed by atoms with van der Waals surface area (Å²) < 4.78 is 13.4. The van der Waals surface area contributed by atoms with Crippen molar-refractivity contribution in [3.8, 4) is 0 Å². The van der Waals surface area contributed by atoms with Crippen molar-refractivity contribution in [1.82, 2.24) is 0 Å². The zero-order valence-corrected chi connectivity index (χ0v) is 12.2. The van der Waals surface area contributed by atoms with Gasteiger partial charge in [-0.3, -0.25) is 0 Å². The van der Waals surface area contributed by atoms with Gasteiger partial charge in [-0.25, -0.2) is 4.39 Å². The van der Waals surface area contributed by atoms with Crippen LogP contribution in [0.2, 0.25) is 0 Å². The summed E-state index contributed by atoms with van der Waals surface area (Å²) in [5.74, 6) is -0.194. The Kier molecular flexibility index (Phi) is 3.93. The summed E-state index contributed by atoms with van der Waals surface area (Å²) in [4.78, 5) is 2.17. The summed E-state index contributed by atoms with van der Waals surface area (Å²) in [5, 5.41) is 10.4. The third kappa shape index (κ3) is 2.93. The zero-order valence-electron chi connectivity index (χ0n) is 12.2. The van der Waals surface area contributed by atoms with Gasteiger partial charge in [0.2, 0.25) is 0 Å². The highest BCUT2D eigenvalue weighted by Gasteiger charge is 2.20. The molecule has 1 aliphatic rings. The standard InChI is InChI=1S/C18H20FNO/c1-13-4-2-3-5-16(13)18(21)9-11-20-10-8-14-6-7-15(19)12-17(14)20/h2-7,12,18,21H,8-11H2,1H3. The first-order chi connectivity index (χ1) is 10.1. The van der Waals surface area contributed by atoms with Gasteiger partial charge in [-0.2, -0.15) is 0 Å². The average molecular weight is 285 g/mol. The number of fused-ring (bicyclic) bond motifs is 1. The van der Waals surface area contributed by atoms with Crippen molar-refractivity contribution in [2.45, 2.75) is 25.9 Å². The first kappa shape index (κ1) is 14.1. The molecule has 1 N–H and O–H groups in total. The maximum atomic E-state index is 13.4. The van der Waals surface area contributed by atoms with E-state index in [4.69, 9.17) is 0 Å². The highest BCUT2D eigenvalue weighted by Crippen LogP contribution is 2.30.